The van der Waals surface area contributed by atoms with Gasteiger partial charge in [-0.25, -0.2) is 0 Å². The molecule has 0 atom stereocenters. The average molecular weight is 154 g/mol. The Balaban J connectivity index is 3.02. The molecule has 0 amide bonds. The topological polar surface area (TPSA) is 47.1 Å². The summed E-state index contributed by atoms with van der Waals surface area (Å²) in [6.07, 6.45) is 1.84. The zero-order chi connectivity index (χ0) is 8.43. The zero-order valence-electron chi connectivity index (χ0n) is 7.20. The summed E-state index contributed by atoms with van der Waals surface area (Å²) in [6, 6.07) is 0. The van der Waals surface area contributed by atoms with Crippen molar-refractivity contribution in [2.75, 3.05) is 24.7 Å². The highest BCUT2D eigenvalue weighted by Gasteiger charge is 2.04. The van der Waals surface area contributed by atoms with Crippen LogP contribution in [0, 0.1) is 0 Å². The van der Waals surface area contributed by atoms with E-state index in [1.807, 2.05) is 29.8 Å². The van der Waals surface area contributed by atoms with Gasteiger partial charge in [-0.15, -0.1) is 0 Å². The largest absolute Gasteiger partial charge is 0.382 e. The number of hydrogen-bond donors (Lipinski definition) is 1. The third-order valence-corrected chi connectivity index (χ3v) is 1.51. The summed E-state index contributed by atoms with van der Waals surface area (Å²) in [6.45, 7) is 2.96. The summed E-state index contributed by atoms with van der Waals surface area (Å²) in [5.74, 6) is 1.49. The number of imidazole rings is 1. The van der Waals surface area contributed by atoms with Gasteiger partial charge in [0.25, 0.3) is 0 Å². The van der Waals surface area contributed by atoms with E-state index in [4.69, 9.17) is 5.73 Å². The van der Waals surface area contributed by atoms with E-state index in [9.17, 15) is 0 Å². The highest BCUT2D eigenvalue weighted by molar-refractivity contribution is 5.39. The minimum atomic E-state index is 0.579. The predicted molar refractivity (Wildman–Crippen MR) is 46.6 cm³/mol. The molecule has 0 aliphatic carbocycles. The lowest BCUT2D eigenvalue weighted by atomic mass is 10.7. The van der Waals surface area contributed by atoms with Crippen LogP contribution in [0.4, 0.5) is 11.8 Å². The van der Waals surface area contributed by atoms with Crippen molar-refractivity contribution in [2.24, 2.45) is 0 Å². The second-order valence-corrected chi connectivity index (χ2v) is 2.65. The molecule has 0 spiro atoms. The summed E-state index contributed by atoms with van der Waals surface area (Å²) in [4.78, 5) is 6.09. The van der Waals surface area contributed by atoms with Crippen LogP contribution in [-0.2, 0) is 6.54 Å². The first-order valence-electron chi connectivity index (χ1n) is 3.65. The predicted octanol–water partition coefficient (Wildman–Crippen LogP) is 0.551. The minimum Gasteiger partial charge on any atom is -0.382 e. The lowest BCUT2D eigenvalue weighted by Gasteiger charge is -2.11. The van der Waals surface area contributed by atoms with Crippen LogP contribution in [0.1, 0.15) is 6.92 Å². The molecule has 1 aromatic rings. The van der Waals surface area contributed by atoms with Gasteiger partial charge in [0.2, 0.25) is 5.95 Å². The van der Waals surface area contributed by atoms with E-state index >= 15 is 0 Å². The quantitative estimate of drug-likeness (QED) is 0.676. The van der Waals surface area contributed by atoms with Crippen LogP contribution in [0.25, 0.3) is 0 Å². The first-order valence-corrected chi connectivity index (χ1v) is 3.65. The number of nitrogens with zero attached hydrogens (tertiary/aromatic N) is 3. The van der Waals surface area contributed by atoms with Crippen molar-refractivity contribution < 1.29 is 0 Å². The van der Waals surface area contributed by atoms with Gasteiger partial charge in [0, 0.05) is 26.8 Å². The van der Waals surface area contributed by atoms with E-state index in [-0.39, 0.29) is 0 Å². The smallest absolute Gasteiger partial charge is 0.206 e. The number of nitrogen functional groups attached to an aromatic ring is 1. The Morgan fingerprint density at radius 2 is 2.27 bits per heavy atom. The van der Waals surface area contributed by atoms with Crippen LogP contribution < -0.4 is 10.6 Å². The Bertz CT molecular complexity index is 239. The third-order valence-electron chi connectivity index (χ3n) is 1.51. The second-order valence-electron chi connectivity index (χ2n) is 2.65. The lowest BCUT2D eigenvalue weighted by Crippen LogP contribution is -2.14. The molecule has 0 radical (unpaired) electrons. The molecule has 0 aliphatic rings. The molecule has 11 heavy (non-hydrogen) atoms. The first-order chi connectivity index (χ1) is 5.15. The van der Waals surface area contributed by atoms with Crippen LogP contribution in [0.5, 0.6) is 0 Å². The number of hydrogen-bond acceptors (Lipinski definition) is 3. The van der Waals surface area contributed by atoms with Crippen LogP contribution in [0.3, 0.4) is 0 Å². The standard InChI is InChI=1S/C7H14N4/c1-4-11-5-6(8)9-7(11)10(2)3/h5H,4,8H2,1-3H3. The fourth-order valence-corrected chi connectivity index (χ4v) is 1.02. The van der Waals surface area contributed by atoms with Crippen molar-refractivity contribution in [1.82, 2.24) is 9.55 Å². The summed E-state index contributed by atoms with van der Waals surface area (Å²) < 4.78 is 2.01. The second kappa shape index (κ2) is 2.82. The van der Waals surface area contributed by atoms with Crippen molar-refractivity contribution in [1.29, 1.82) is 0 Å². The van der Waals surface area contributed by atoms with E-state index in [1.165, 1.54) is 0 Å². The molecule has 0 aliphatic heterocycles. The first kappa shape index (κ1) is 7.91. The van der Waals surface area contributed by atoms with E-state index in [0.717, 1.165) is 12.5 Å². The molecular formula is C7H14N4. The molecular weight excluding hydrogens is 140 g/mol. The van der Waals surface area contributed by atoms with E-state index in [0.29, 0.717) is 5.82 Å². The maximum absolute atomic E-state index is 5.53. The van der Waals surface area contributed by atoms with Crippen LogP contribution >= 0.6 is 0 Å². The van der Waals surface area contributed by atoms with Gasteiger partial charge in [0.1, 0.15) is 5.82 Å². The van der Waals surface area contributed by atoms with Crippen molar-refractivity contribution in [3.63, 3.8) is 0 Å². The summed E-state index contributed by atoms with van der Waals surface area (Å²) >= 11 is 0. The Hall–Kier alpha value is -1.19. The summed E-state index contributed by atoms with van der Waals surface area (Å²) in [5, 5.41) is 0. The lowest BCUT2D eigenvalue weighted by molar-refractivity contribution is 0.747. The normalized spacial score (nSPS) is 10.1. The fourth-order valence-electron chi connectivity index (χ4n) is 1.02. The summed E-state index contributed by atoms with van der Waals surface area (Å²) in [7, 11) is 3.90. The van der Waals surface area contributed by atoms with E-state index in [1.54, 1.807) is 0 Å². The molecule has 0 aromatic carbocycles. The zero-order valence-corrected chi connectivity index (χ0v) is 7.20. The average Bonchev–Trinajstić information content (AvgIpc) is 2.30. The van der Waals surface area contributed by atoms with Crippen LogP contribution in [-0.4, -0.2) is 23.6 Å². The van der Waals surface area contributed by atoms with Gasteiger partial charge in [-0.05, 0) is 6.92 Å². The maximum Gasteiger partial charge on any atom is 0.206 e. The van der Waals surface area contributed by atoms with Crippen LogP contribution in [0.2, 0.25) is 0 Å². The van der Waals surface area contributed by atoms with Crippen molar-refractivity contribution in [3.05, 3.63) is 6.20 Å². The molecule has 1 heterocycles. The van der Waals surface area contributed by atoms with Crippen molar-refractivity contribution in [3.8, 4) is 0 Å². The third kappa shape index (κ3) is 1.45. The molecule has 4 heteroatoms. The van der Waals surface area contributed by atoms with Gasteiger partial charge in [0.15, 0.2) is 0 Å². The van der Waals surface area contributed by atoms with Crippen molar-refractivity contribution >= 4 is 11.8 Å². The molecule has 0 bridgehead atoms. The van der Waals surface area contributed by atoms with E-state index in [2.05, 4.69) is 11.9 Å². The molecule has 0 saturated heterocycles. The minimum absolute atomic E-state index is 0.579. The number of aromatic nitrogens is 2. The van der Waals surface area contributed by atoms with Gasteiger partial charge >= 0.3 is 0 Å². The Labute approximate surface area is 66.6 Å². The molecule has 0 unspecified atom stereocenters. The highest BCUT2D eigenvalue weighted by Crippen LogP contribution is 2.12. The van der Waals surface area contributed by atoms with Gasteiger partial charge in [-0.1, -0.05) is 0 Å². The van der Waals surface area contributed by atoms with E-state index < -0.39 is 0 Å². The molecule has 1 aromatic heterocycles. The SMILES string of the molecule is CCn1cc(N)nc1N(C)C. The fraction of sp³-hybridized carbons (Fsp3) is 0.571. The van der Waals surface area contributed by atoms with Gasteiger partial charge in [0.05, 0.1) is 0 Å². The van der Waals surface area contributed by atoms with Crippen LogP contribution in [0.15, 0.2) is 6.20 Å². The molecule has 62 valence electrons. The van der Waals surface area contributed by atoms with Gasteiger partial charge in [-0.2, -0.15) is 4.98 Å². The highest BCUT2D eigenvalue weighted by atomic mass is 15.3. The Morgan fingerprint density at radius 3 is 2.64 bits per heavy atom. The Morgan fingerprint density at radius 1 is 1.64 bits per heavy atom. The molecule has 2 N–H and O–H groups in total. The van der Waals surface area contributed by atoms with Crippen molar-refractivity contribution in [2.45, 2.75) is 13.5 Å². The maximum atomic E-state index is 5.53. The molecule has 4 nitrogen and oxygen atoms in total. The number of aryl methyl sites for hydroxylation is 1. The number of rotatable bonds is 2. The number of nitrogens with two attached hydrogens (primary N) is 1. The molecule has 0 fully saturated rings. The van der Waals surface area contributed by atoms with Gasteiger partial charge < -0.3 is 15.2 Å². The monoisotopic (exact) mass is 154 g/mol. The summed E-state index contributed by atoms with van der Waals surface area (Å²) in [5.41, 5.74) is 5.53. The molecule has 1 rings (SSSR count). The number of anilines is 2. The Kier molecular flexibility index (Phi) is 2.03. The molecule has 0 saturated carbocycles. The van der Waals surface area contributed by atoms with Gasteiger partial charge in [-0.3, -0.25) is 0 Å².